The SMILES string of the molecule is CCc1ccc(NC(=S)N(C)CC(=O)N(CC)CC)cc1. The predicted octanol–water partition coefficient (Wildman–Crippen LogP) is 2.75. The molecule has 0 fully saturated rings. The van der Waals surface area contributed by atoms with Crippen molar-refractivity contribution in [1.82, 2.24) is 9.80 Å². The number of thiocarbonyl (C=S) groups is 1. The summed E-state index contributed by atoms with van der Waals surface area (Å²) >= 11 is 5.34. The zero-order chi connectivity index (χ0) is 15.8. The molecule has 0 saturated heterocycles. The molecule has 1 aromatic carbocycles. The van der Waals surface area contributed by atoms with Crippen molar-refractivity contribution < 1.29 is 4.79 Å². The Bertz CT molecular complexity index is 469. The van der Waals surface area contributed by atoms with Gasteiger partial charge in [-0.2, -0.15) is 0 Å². The van der Waals surface area contributed by atoms with Gasteiger partial charge in [-0.05, 0) is 50.2 Å². The van der Waals surface area contributed by atoms with Gasteiger partial charge in [-0.25, -0.2) is 0 Å². The highest BCUT2D eigenvalue weighted by molar-refractivity contribution is 7.80. The van der Waals surface area contributed by atoms with E-state index in [0.717, 1.165) is 25.2 Å². The van der Waals surface area contributed by atoms with Crippen molar-refractivity contribution in [2.45, 2.75) is 27.2 Å². The van der Waals surface area contributed by atoms with Crippen molar-refractivity contribution in [2.24, 2.45) is 0 Å². The van der Waals surface area contributed by atoms with Crippen molar-refractivity contribution in [3.63, 3.8) is 0 Å². The van der Waals surface area contributed by atoms with Crippen LogP contribution in [0.1, 0.15) is 26.3 Å². The van der Waals surface area contributed by atoms with Crippen LogP contribution in [0.4, 0.5) is 5.69 Å². The number of anilines is 1. The van der Waals surface area contributed by atoms with Crippen LogP contribution in [0.25, 0.3) is 0 Å². The summed E-state index contributed by atoms with van der Waals surface area (Å²) in [6.07, 6.45) is 1.02. The number of nitrogens with zero attached hydrogens (tertiary/aromatic N) is 2. The van der Waals surface area contributed by atoms with E-state index in [0.29, 0.717) is 11.7 Å². The van der Waals surface area contributed by atoms with Crippen LogP contribution in [0.3, 0.4) is 0 Å². The smallest absolute Gasteiger partial charge is 0.242 e. The van der Waals surface area contributed by atoms with E-state index in [2.05, 4.69) is 24.4 Å². The normalized spacial score (nSPS) is 10.1. The average Bonchev–Trinajstić information content (AvgIpc) is 2.49. The van der Waals surface area contributed by atoms with Crippen molar-refractivity contribution in [1.29, 1.82) is 0 Å². The number of benzene rings is 1. The van der Waals surface area contributed by atoms with Crippen LogP contribution in [0.15, 0.2) is 24.3 Å². The molecule has 1 rings (SSSR count). The first-order valence-corrected chi connectivity index (χ1v) is 7.81. The molecule has 5 heteroatoms. The number of carbonyl (C=O) groups is 1. The quantitative estimate of drug-likeness (QED) is 0.820. The molecule has 0 aliphatic heterocycles. The molecule has 0 radical (unpaired) electrons. The van der Waals surface area contributed by atoms with Crippen LogP contribution < -0.4 is 5.32 Å². The zero-order valence-corrected chi connectivity index (χ0v) is 14.2. The van der Waals surface area contributed by atoms with Crippen molar-refractivity contribution in [2.75, 3.05) is 32.0 Å². The lowest BCUT2D eigenvalue weighted by atomic mass is 10.1. The van der Waals surface area contributed by atoms with Gasteiger partial charge in [-0.3, -0.25) is 4.79 Å². The maximum atomic E-state index is 12.1. The Morgan fingerprint density at radius 3 is 2.19 bits per heavy atom. The highest BCUT2D eigenvalue weighted by Crippen LogP contribution is 2.10. The van der Waals surface area contributed by atoms with Gasteiger partial charge in [-0.1, -0.05) is 19.1 Å². The summed E-state index contributed by atoms with van der Waals surface area (Å²) in [7, 11) is 1.83. The summed E-state index contributed by atoms with van der Waals surface area (Å²) in [6.45, 7) is 7.82. The minimum Gasteiger partial charge on any atom is -0.343 e. The number of hydrogen-bond donors (Lipinski definition) is 1. The first kappa shape index (κ1) is 17.4. The van der Waals surface area contributed by atoms with E-state index in [4.69, 9.17) is 12.2 Å². The molecule has 0 aliphatic rings. The highest BCUT2D eigenvalue weighted by Gasteiger charge is 2.14. The van der Waals surface area contributed by atoms with E-state index in [1.807, 2.05) is 33.0 Å². The number of hydrogen-bond acceptors (Lipinski definition) is 2. The lowest BCUT2D eigenvalue weighted by Gasteiger charge is -2.25. The van der Waals surface area contributed by atoms with Gasteiger partial charge in [0, 0.05) is 25.8 Å². The maximum Gasteiger partial charge on any atom is 0.242 e. The van der Waals surface area contributed by atoms with E-state index >= 15 is 0 Å². The van der Waals surface area contributed by atoms with Gasteiger partial charge in [0.05, 0.1) is 6.54 Å². The first-order valence-electron chi connectivity index (χ1n) is 7.40. The van der Waals surface area contributed by atoms with E-state index < -0.39 is 0 Å². The average molecular weight is 307 g/mol. The van der Waals surface area contributed by atoms with Crippen LogP contribution in [0.5, 0.6) is 0 Å². The van der Waals surface area contributed by atoms with Crippen molar-refractivity contribution >= 4 is 28.9 Å². The molecule has 1 amide bonds. The second kappa shape index (κ2) is 8.62. The maximum absolute atomic E-state index is 12.1. The summed E-state index contributed by atoms with van der Waals surface area (Å²) in [4.78, 5) is 15.6. The van der Waals surface area contributed by atoms with Crippen LogP contribution in [0.2, 0.25) is 0 Å². The number of likely N-dealkylation sites (N-methyl/N-ethyl adjacent to an activating group) is 2. The number of rotatable bonds is 6. The molecule has 1 aromatic rings. The van der Waals surface area contributed by atoms with Crippen LogP contribution in [-0.2, 0) is 11.2 Å². The highest BCUT2D eigenvalue weighted by atomic mass is 32.1. The van der Waals surface area contributed by atoms with Crippen LogP contribution in [-0.4, -0.2) is 47.5 Å². The summed E-state index contributed by atoms with van der Waals surface area (Å²) in [6, 6.07) is 8.16. The second-order valence-electron chi connectivity index (χ2n) is 4.90. The Kier molecular flexibility index (Phi) is 7.15. The molecule has 0 saturated carbocycles. The Labute approximate surface area is 133 Å². The second-order valence-corrected chi connectivity index (χ2v) is 5.29. The third kappa shape index (κ3) is 5.34. The molecule has 1 N–H and O–H groups in total. The molecule has 0 heterocycles. The molecule has 0 bridgehead atoms. The van der Waals surface area contributed by atoms with E-state index in [-0.39, 0.29) is 5.91 Å². The number of carbonyl (C=O) groups excluding carboxylic acids is 1. The van der Waals surface area contributed by atoms with Crippen molar-refractivity contribution in [3.05, 3.63) is 29.8 Å². The molecule has 0 atom stereocenters. The molecular weight excluding hydrogens is 282 g/mol. The lowest BCUT2D eigenvalue weighted by Crippen LogP contribution is -2.42. The molecular formula is C16H25N3OS. The monoisotopic (exact) mass is 307 g/mol. The molecule has 0 aliphatic carbocycles. The third-order valence-corrected chi connectivity index (χ3v) is 3.86. The van der Waals surface area contributed by atoms with Gasteiger partial charge in [-0.15, -0.1) is 0 Å². The van der Waals surface area contributed by atoms with Gasteiger partial charge < -0.3 is 15.1 Å². The lowest BCUT2D eigenvalue weighted by molar-refractivity contribution is -0.130. The Balaban J connectivity index is 2.55. The minimum absolute atomic E-state index is 0.0907. The minimum atomic E-state index is 0.0907. The molecule has 0 aromatic heterocycles. The van der Waals surface area contributed by atoms with Crippen LogP contribution >= 0.6 is 12.2 Å². The molecule has 4 nitrogen and oxygen atoms in total. The Morgan fingerprint density at radius 2 is 1.71 bits per heavy atom. The predicted molar refractivity (Wildman–Crippen MR) is 92.6 cm³/mol. The first-order chi connectivity index (χ1) is 10.0. The molecule has 0 spiro atoms. The van der Waals surface area contributed by atoms with Gasteiger partial charge >= 0.3 is 0 Å². The fourth-order valence-corrected chi connectivity index (χ4v) is 2.18. The van der Waals surface area contributed by atoms with Gasteiger partial charge in [0.15, 0.2) is 5.11 Å². The summed E-state index contributed by atoms with van der Waals surface area (Å²) < 4.78 is 0. The fourth-order valence-electron chi connectivity index (χ4n) is 1.99. The Hall–Kier alpha value is -1.62. The number of amides is 1. The summed E-state index contributed by atoms with van der Waals surface area (Å²) in [5.74, 6) is 0.0907. The Morgan fingerprint density at radius 1 is 1.14 bits per heavy atom. The third-order valence-electron chi connectivity index (χ3n) is 3.45. The number of nitrogens with one attached hydrogen (secondary N) is 1. The molecule has 116 valence electrons. The molecule has 0 unspecified atom stereocenters. The molecule has 21 heavy (non-hydrogen) atoms. The summed E-state index contributed by atoms with van der Waals surface area (Å²) in [5.41, 5.74) is 2.23. The largest absolute Gasteiger partial charge is 0.343 e. The van der Waals surface area contributed by atoms with Crippen molar-refractivity contribution in [3.8, 4) is 0 Å². The summed E-state index contributed by atoms with van der Waals surface area (Å²) in [5, 5.41) is 3.72. The van der Waals surface area contributed by atoms with Gasteiger partial charge in [0.25, 0.3) is 0 Å². The van der Waals surface area contributed by atoms with E-state index in [1.165, 1.54) is 5.56 Å². The van der Waals surface area contributed by atoms with E-state index in [1.54, 1.807) is 9.80 Å². The van der Waals surface area contributed by atoms with E-state index in [9.17, 15) is 4.79 Å². The number of aryl methyl sites for hydroxylation is 1. The van der Waals surface area contributed by atoms with Crippen LogP contribution in [0, 0.1) is 0 Å². The van der Waals surface area contributed by atoms with Gasteiger partial charge in [0.1, 0.15) is 0 Å². The topological polar surface area (TPSA) is 35.6 Å². The van der Waals surface area contributed by atoms with Gasteiger partial charge in [0.2, 0.25) is 5.91 Å². The fraction of sp³-hybridized carbons (Fsp3) is 0.500. The zero-order valence-electron chi connectivity index (χ0n) is 13.3. The standard InChI is InChI=1S/C16H25N3OS/c1-5-13-8-10-14(11-9-13)17-16(21)18(4)12-15(20)19(6-2)7-3/h8-11H,5-7,12H2,1-4H3,(H,17,21).